The lowest BCUT2D eigenvalue weighted by molar-refractivity contribution is -0.137. The predicted molar refractivity (Wildman–Crippen MR) is 177 cm³/mol. The van der Waals surface area contributed by atoms with Crippen LogP contribution < -0.4 is 5.56 Å². The van der Waals surface area contributed by atoms with Gasteiger partial charge in [-0.05, 0) is 78.7 Å². The van der Waals surface area contributed by atoms with Crippen LogP contribution in [0.4, 0.5) is 17.6 Å². The number of thioether (sulfide) groups is 1. The number of carbonyl (C=O) groups excluding carboxylic acids is 1. The minimum Gasteiger partial charge on any atom is -0.336 e. The van der Waals surface area contributed by atoms with E-state index in [9.17, 15) is 27.8 Å². The van der Waals surface area contributed by atoms with Gasteiger partial charge in [-0.2, -0.15) is 18.2 Å². The Morgan fingerprint density at radius 3 is 2.28 bits per heavy atom. The second-order valence-corrected chi connectivity index (χ2v) is 10.2. The zero-order valence-electron chi connectivity index (χ0n) is 49.7. The van der Waals surface area contributed by atoms with Crippen molar-refractivity contribution in [1.82, 2.24) is 19.4 Å². The summed E-state index contributed by atoms with van der Waals surface area (Å²) in [4.78, 5) is 30.5. The second-order valence-electron chi connectivity index (χ2n) is 9.41. The van der Waals surface area contributed by atoms with Gasteiger partial charge in [0.25, 0.3) is 5.56 Å². The largest absolute Gasteiger partial charge is 0.416 e. The van der Waals surface area contributed by atoms with Gasteiger partial charge >= 0.3 is 6.18 Å². The average Bonchev–Trinajstić information content (AvgIpc) is 3.72. The number of likely N-dealkylation sites (N-methyl/N-ethyl adjacent to an activating group) is 1. The Bertz CT molecular complexity index is 2840. The maximum atomic E-state index is 15.3. The Labute approximate surface area is 313 Å². The number of benzene rings is 3. The summed E-state index contributed by atoms with van der Waals surface area (Å²) >= 11 is -0.0611. The van der Waals surface area contributed by atoms with Crippen LogP contribution in [0.1, 0.15) is 83.7 Å². The van der Waals surface area contributed by atoms with Crippen molar-refractivity contribution < 1.29 is 58.0 Å². The molecule has 248 valence electrons. The van der Waals surface area contributed by atoms with Gasteiger partial charge in [-0.15, -0.1) is 0 Å². The highest BCUT2D eigenvalue weighted by atomic mass is 32.2. The number of fused-ring (bicyclic) bond motifs is 1. The molecule has 0 spiro atoms. The van der Waals surface area contributed by atoms with Crippen LogP contribution in [-0.2, 0) is 42.6 Å². The van der Waals surface area contributed by atoms with E-state index in [2.05, 4.69) is 4.98 Å². The van der Waals surface area contributed by atoms with E-state index in [0.29, 0.717) is 0 Å². The van der Waals surface area contributed by atoms with Gasteiger partial charge in [0.1, 0.15) is 12.3 Å². The van der Waals surface area contributed by atoms with Crippen LogP contribution in [0.2, 0.25) is 0 Å². The van der Waals surface area contributed by atoms with Gasteiger partial charge < -0.3 is 14.4 Å². The number of hydrogen-bond donors (Lipinski definition) is 0. The topological polar surface area (TPSA) is 58.4 Å². The maximum absolute atomic E-state index is 15.3. The maximum Gasteiger partial charge on any atom is 0.416 e. The summed E-state index contributed by atoms with van der Waals surface area (Å²) in [5, 5.41) is -1.01. The van der Waals surface area contributed by atoms with Crippen molar-refractivity contribution in [2.24, 2.45) is 0 Å². The number of hydrogen-bond acceptors (Lipinski definition) is 5. The lowest BCUT2D eigenvalue weighted by Crippen LogP contribution is -2.40. The van der Waals surface area contributed by atoms with E-state index in [4.69, 9.17) is 30.2 Å². The van der Waals surface area contributed by atoms with Crippen LogP contribution >= 0.6 is 11.8 Å². The van der Waals surface area contributed by atoms with Gasteiger partial charge in [0, 0.05) is 55.7 Å². The molecule has 0 saturated heterocycles. The van der Waals surface area contributed by atoms with Gasteiger partial charge in [0.05, 0.1) is 22.0 Å². The van der Waals surface area contributed by atoms with E-state index in [0.717, 1.165) is 24.3 Å². The number of nitrogens with zero attached hydrogens (tertiary/aromatic N) is 4. The summed E-state index contributed by atoms with van der Waals surface area (Å²) in [5.41, 5.74) is -10.8. The highest BCUT2D eigenvalue weighted by Gasteiger charge is 2.30. The number of aromatic nitrogens is 2. The SMILES string of the molecule is [2H]c1c([2H])c(-c2c([2H])c([2H])c(C(F)(F)F)c([2H])c2[2H])c([2H])c([2H])c1CN(C(=O)C([2H])([2H])n1c(SC([2H])([2H])c2ccc(F)cc2)nc(=O)c2c1CCC2)C([2H])([2H])C([2H])([2H])N(C([2H])([2H])C([2H])([2H])[2H])C([2H])([2H])C([2H])([2H])[2H]. The molecule has 4 aromatic rings. The number of amides is 1. The van der Waals surface area contributed by atoms with Gasteiger partial charge in [-0.25, -0.2) is 4.39 Å². The molecule has 1 aliphatic carbocycles. The zero-order chi connectivity index (χ0) is 56.3. The van der Waals surface area contributed by atoms with Gasteiger partial charge in [-0.3, -0.25) is 9.59 Å². The number of alkyl halides is 3. The van der Waals surface area contributed by atoms with Crippen molar-refractivity contribution >= 4 is 17.7 Å². The molecule has 0 saturated carbocycles. The fourth-order valence-electron chi connectivity index (χ4n) is 4.12. The molecule has 11 heteroatoms. The molecule has 0 bridgehead atoms. The van der Waals surface area contributed by atoms with Gasteiger partial charge in [0.2, 0.25) is 5.91 Å². The number of carbonyl (C=O) groups is 1. The van der Waals surface area contributed by atoms with Crippen molar-refractivity contribution in [3.63, 3.8) is 0 Å². The molecule has 0 fully saturated rings. The standard InChI is InChI=1S/C36H38F4N4O2S/c1-3-42(4-2)20-21-43(22-25-8-12-27(13-9-25)28-14-16-29(17-15-28)36(38,39)40)33(45)23-44-32-7-5-6-31(32)34(46)41-35(44)47-24-26-10-18-30(37)19-11-26/h8-19H,3-7,20-24H2,1-2H3/i1D3,2D3,3D2,4D2,8D,9D,12D,13D,14D,15D,16D,17D,20D2,21D2,23D2,24D2. The fourth-order valence-corrected chi connectivity index (χ4v) is 4.84. The molecular weight excluding hydrogens is 628 g/mol. The fraction of sp³-hybridized carbons (Fsp3) is 0.361. The van der Waals surface area contributed by atoms with Crippen molar-refractivity contribution in [1.29, 1.82) is 0 Å². The Morgan fingerprint density at radius 1 is 0.979 bits per heavy atom. The van der Waals surface area contributed by atoms with Crippen LogP contribution in [0, 0.1) is 5.82 Å². The Hall–Kier alpha value is -3.96. The van der Waals surface area contributed by atoms with Crippen LogP contribution in [-0.4, -0.2) is 51.2 Å². The minimum atomic E-state index is -5.50. The summed E-state index contributed by atoms with van der Waals surface area (Å²) in [7, 11) is 0. The number of halogens is 4. The van der Waals surface area contributed by atoms with Crippen molar-refractivity contribution in [2.45, 2.75) is 63.0 Å². The van der Waals surface area contributed by atoms with Crippen molar-refractivity contribution in [2.75, 3.05) is 26.0 Å². The molecule has 47 heavy (non-hydrogen) atoms. The number of rotatable bonds is 13. The van der Waals surface area contributed by atoms with Gasteiger partial charge in [-0.1, -0.05) is 73.9 Å². The van der Waals surface area contributed by atoms with Crippen LogP contribution in [0.25, 0.3) is 11.1 Å². The van der Waals surface area contributed by atoms with Crippen LogP contribution in [0.15, 0.2) is 82.6 Å². The smallest absolute Gasteiger partial charge is 0.336 e. The molecule has 3 aromatic carbocycles. The van der Waals surface area contributed by atoms with Crippen LogP contribution in [0.5, 0.6) is 0 Å². The molecular formula is C36H38F4N4O2S. The summed E-state index contributed by atoms with van der Waals surface area (Å²) < 4.78 is 277. The molecule has 1 amide bonds. The summed E-state index contributed by atoms with van der Waals surface area (Å²) in [5.74, 6) is -3.30. The van der Waals surface area contributed by atoms with E-state index in [-0.39, 0.29) is 46.7 Å². The van der Waals surface area contributed by atoms with E-state index in [1.807, 2.05) is 0 Å². The molecule has 1 heterocycles. The molecule has 0 unspecified atom stereocenters. The highest BCUT2D eigenvalue weighted by molar-refractivity contribution is 7.98. The van der Waals surface area contributed by atoms with Gasteiger partial charge in [0.15, 0.2) is 5.16 Å². The quantitative estimate of drug-likeness (QED) is 0.0842. The third-order valence-electron chi connectivity index (χ3n) is 6.33. The summed E-state index contributed by atoms with van der Waals surface area (Å²) in [6.07, 6.45) is -5.94. The average molecular weight is 693 g/mol. The first-order valence-corrected chi connectivity index (χ1v) is 14.1. The Balaban J connectivity index is 1.89. The third kappa shape index (κ3) is 8.70. The monoisotopic (exact) mass is 692 g/mol. The normalized spacial score (nSPS) is 23.3. The predicted octanol–water partition coefficient (Wildman–Crippen LogP) is 7.22. The van der Waals surface area contributed by atoms with E-state index < -0.39 is 173 Å². The Kier molecular flexibility index (Phi) is 4.64. The molecule has 0 atom stereocenters. The third-order valence-corrected chi connectivity index (χ3v) is 7.13. The minimum absolute atomic E-state index is 0.0314. The van der Waals surface area contributed by atoms with E-state index in [1.165, 1.54) is 0 Å². The molecule has 5 rings (SSSR count). The van der Waals surface area contributed by atoms with Crippen molar-refractivity contribution in [3.8, 4) is 11.1 Å². The molecule has 6 nitrogen and oxygen atoms in total. The first-order chi connectivity index (χ1) is 32.8. The van der Waals surface area contributed by atoms with E-state index in [1.54, 1.807) is 0 Å². The first kappa shape index (κ1) is 14.3. The lowest BCUT2D eigenvalue weighted by atomic mass is 10.0. The van der Waals surface area contributed by atoms with E-state index >= 15 is 4.79 Å². The second kappa shape index (κ2) is 15.3. The lowest BCUT2D eigenvalue weighted by Gasteiger charge is -2.28. The molecule has 0 aliphatic heterocycles. The zero-order valence-corrected chi connectivity index (χ0v) is 24.5. The van der Waals surface area contributed by atoms with Crippen molar-refractivity contribution in [3.05, 3.63) is 117 Å². The summed E-state index contributed by atoms with van der Waals surface area (Å²) in [6.45, 7) is -33.7. The first-order valence-electron chi connectivity index (χ1n) is 26.3. The van der Waals surface area contributed by atoms with Crippen LogP contribution in [0.3, 0.4) is 0 Å². The molecule has 1 aliphatic rings. The molecule has 1 aromatic heterocycles. The highest BCUT2D eigenvalue weighted by Crippen LogP contribution is 2.31. The molecule has 0 radical (unpaired) electrons. The summed E-state index contributed by atoms with van der Waals surface area (Å²) in [6, 6.07) is -8.91. The Morgan fingerprint density at radius 2 is 1.64 bits per heavy atom. The molecule has 0 N–H and O–H groups in total.